The van der Waals surface area contributed by atoms with Gasteiger partial charge in [0.15, 0.2) is 11.0 Å². The first kappa shape index (κ1) is 17.7. The third-order valence-corrected chi connectivity index (χ3v) is 5.85. The number of nitrogens with zero attached hydrogens (tertiary/aromatic N) is 4. The van der Waals surface area contributed by atoms with Crippen LogP contribution in [0, 0.1) is 0 Å². The van der Waals surface area contributed by atoms with Gasteiger partial charge in [0.05, 0.1) is 23.7 Å². The summed E-state index contributed by atoms with van der Waals surface area (Å²) < 4.78 is 6.82. The van der Waals surface area contributed by atoms with Gasteiger partial charge in [0.25, 0.3) is 0 Å². The van der Waals surface area contributed by atoms with E-state index in [4.69, 9.17) is 4.74 Å². The molecule has 9 heteroatoms. The Balaban J connectivity index is 1.56. The molecular weight excluding hydrogens is 384 g/mol. The van der Waals surface area contributed by atoms with Crippen molar-refractivity contribution in [1.29, 1.82) is 0 Å². The molecule has 27 heavy (non-hydrogen) atoms. The van der Waals surface area contributed by atoms with E-state index in [0.717, 1.165) is 21.2 Å². The molecule has 2 amide bonds. The van der Waals surface area contributed by atoms with Crippen LogP contribution in [0.1, 0.15) is 5.56 Å². The molecule has 2 aromatic heterocycles. The highest BCUT2D eigenvalue weighted by Crippen LogP contribution is 2.28. The minimum atomic E-state index is -0.578. The van der Waals surface area contributed by atoms with E-state index < -0.39 is 6.09 Å². The lowest BCUT2D eigenvalue weighted by Crippen LogP contribution is -2.33. The molecule has 138 valence electrons. The summed E-state index contributed by atoms with van der Waals surface area (Å²) in [6.07, 6.45) is -0.578. The monoisotopic (exact) mass is 400 g/mol. The standard InChI is InChI=1S/C18H16N4O3S2/c23-15(21-8-9-25-18(21)24)12-27-17-20-19-16(14-7-4-10-26-14)22(17)11-13-5-2-1-3-6-13/h1-7,10H,8-9,11-12H2. The zero-order valence-electron chi connectivity index (χ0n) is 14.3. The number of hydrogen-bond donors (Lipinski definition) is 0. The van der Waals surface area contributed by atoms with Gasteiger partial charge in [-0.05, 0) is 17.0 Å². The second-order valence-corrected chi connectivity index (χ2v) is 7.69. The summed E-state index contributed by atoms with van der Waals surface area (Å²) in [6, 6.07) is 14.0. The molecule has 1 saturated heterocycles. The fraction of sp³-hybridized carbons (Fsp3) is 0.222. The van der Waals surface area contributed by atoms with Gasteiger partial charge in [-0.2, -0.15) is 0 Å². The zero-order chi connectivity index (χ0) is 18.6. The maximum absolute atomic E-state index is 12.3. The quantitative estimate of drug-likeness (QED) is 0.592. The minimum absolute atomic E-state index is 0.104. The first-order chi connectivity index (χ1) is 13.2. The molecule has 0 radical (unpaired) electrons. The summed E-state index contributed by atoms with van der Waals surface area (Å²) in [7, 11) is 0. The molecule has 1 aliphatic rings. The van der Waals surface area contributed by atoms with E-state index in [2.05, 4.69) is 10.2 Å². The predicted octanol–water partition coefficient (Wildman–Crippen LogP) is 3.13. The lowest BCUT2D eigenvalue weighted by Gasteiger charge is -2.12. The Hall–Kier alpha value is -2.65. The molecule has 4 rings (SSSR count). The van der Waals surface area contributed by atoms with E-state index in [1.165, 1.54) is 11.8 Å². The molecule has 3 aromatic rings. The number of thioether (sulfide) groups is 1. The Labute approximate surface area is 164 Å². The Morgan fingerprint density at radius 3 is 2.74 bits per heavy atom. The SMILES string of the molecule is O=C(CSc1nnc(-c2cccs2)n1Cc1ccccc1)N1CCOC1=O. The van der Waals surface area contributed by atoms with Gasteiger partial charge in [-0.3, -0.25) is 9.36 Å². The lowest BCUT2D eigenvalue weighted by atomic mass is 10.2. The van der Waals surface area contributed by atoms with E-state index >= 15 is 0 Å². The zero-order valence-corrected chi connectivity index (χ0v) is 15.9. The van der Waals surface area contributed by atoms with Gasteiger partial charge in [-0.25, -0.2) is 9.69 Å². The topological polar surface area (TPSA) is 77.3 Å². The van der Waals surface area contributed by atoms with Crippen molar-refractivity contribution >= 4 is 35.1 Å². The highest BCUT2D eigenvalue weighted by atomic mass is 32.2. The third-order valence-electron chi connectivity index (χ3n) is 4.03. The van der Waals surface area contributed by atoms with Crippen LogP contribution in [-0.2, 0) is 16.1 Å². The van der Waals surface area contributed by atoms with Crippen molar-refractivity contribution in [1.82, 2.24) is 19.7 Å². The number of amides is 2. The molecule has 0 saturated carbocycles. The third kappa shape index (κ3) is 3.88. The number of thiophene rings is 1. The summed E-state index contributed by atoms with van der Waals surface area (Å²) in [5.41, 5.74) is 1.12. The molecule has 0 aliphatic carbocycles. The fourth-order valence-electron chi connectivity index (χ4n) is 2.72. The molecule has 1 aliphatic heterocycles. The van der Waals surface area contributed by atoms with Crippen LogP contribution in [-0.4, -0.2) is 50.6 Å². The van der Waals surface area contributed by atoms with Crippen molar-refractivity contribution in [2.45, 2.75) is 11.7 Å². The molecule has 7 nitrogen and oxygen atoms in total. The van der Waals surface area contributed by atoms with Crippen molar-refractivity contribution in [2.75, 3.05) is 18.9 Å². The lowest BCUT2D eigenvalue weighted by molar-refractivity contribution is -0.125. The van der Waals surface area contributed by atoms with Crippen molar-refractivity contribution < 1.29 is 14.3 Å². The summed E-state index contributed by atoms with van der Waals surface area (Å²) in [4.78, 5) is 26.0. The Morgan fingerprint density at radius 2 is 2.04 bits per heavy atom. The van der Waals surface area contributed by atoms with Gasteiger partial charge in [-0.15, -0.1) is 21.5 Å². The van der Waals surface area contributed by atoms with E-state index in [1.54, 1.807) is 11.3 Å². The number of rotatable bonds is 6. The van der Waals surface area contributed by atoms with Crippen molar-refractivity contribution in [2.24, 2.45) is 0 Å². The molecule has 0 bridgehead atoms. The molecule has 0 atom stereocenters. The molecule has 1 aromatic carbocycles. The van der Waals surface area contributed by atoms with Crippen LogP contribution >= 0.6 is 23.1 Å². The highest BCUT2D eigenvalue weighted by molar-refractivity contribution is 7.99. The van der Waals surface area contributed by atoms with Crippen molar-refractivity contribution in [3.63, 3.8) is 0 Å². The molecule has 1 fully saturated rings. The molecule has 3 heterocycles. The van der Waals surface area contributed by atoms with Crippen LogP contribution in [0.2, 0.25) is 0 Å². The summed E-state index contributed by atoms with van der Waals surface area (Å²) >= 11 is 2.87. The second kappa shape index (κ2) is 7.93. The normalized spacial score (nSPS) is 13.8. The van der Waals surface area contributed by atoms with Crippen LogP contribution < -0.4 is 0 Å². The summed E-state index contributed by atoms with van der Waals surface area (Å²) in [6.45, 7) is 1.15. The Kier molecular flexibility index (Phi) is 5.21. The van der Waals surface area contributed by atoms with Crippen LogP contribution in [0.3, 0.4) is 0 Å². The summed E-state index contributed by atoms with van der Waals surface area (Å²) in [5.74, 6) is 0.589. The second-order valence-electron chi connectivity index (χ2n) is 5.80. The number of aromatic nitrogens is 3. The number of hydrogen-bond acceptors (Lipinski definition) is 7. The van der Waals surface area contributed by atoms with Gasteiger partial charge >= 0.3 is 6.09 Å². The highest BCUT2D eigenvalue weighted by Gasteiger charge is 2.28. The average molecular weight is 400 g/mol. The van der Waals surface area contributed by atoms with E-state index in [9.17, 15) is 9.59 Å². The van der Waals surface area contributed by atoms with E-state index in [1.807, 2.05) is 52.4 Å². The minimum Gasteiger partial charge on any atom is -0.447 e. The maximum atomic E-state index is 12.3. The van der Waals surface area contributed by atoms with Crippen molar-refractivity contribution in [3.8, 4) is 10.7 Å². The van der Waals surface area contributed by atoms with Crippen LogP contribution in [0.4, 0.5) is 4.79 Å². The molecule has 0 spiro atoms. The number of cyclic esters (lactones) is 1. The van der Waals surface area contributed by atoms with Gasteiger partial charge in [-0.1, -0.05) is 48.2 Å². The number of benzene rings is 1. The van der Waals surface area contributed by atoms with Gasteiger partial charge in [0.1, 0.15) is 6.61 Å². The molecule has 0 N–H and O–H groups in total. The first-order valence-corrected chi connectivity index (χ1v) is 10.2. The predicted molar refractivity (Wildman–Crippen MR) is 103 cm³/mol. The smallest absolute Gasteiger partial charge is 0.416 e. The van der Waals surface area contributed by atoms with Gasteiger partial charge < -0.3 is 4.74 Å². The number of imide groups is 1. The Bertz CT molecular complexity index is 941. The number of carbonyl (C=O) groups excluding carboxylic acids is 2. The number of carbonyl (C=O) groups is 2. The van der Waals surface area contributed by atoms with Gasteiger partial charge in [0, 0.05) is 0 Å². The largest absolute Gasteiger partial charge is 0.447 e. The van der Waals surface area contributed by atoms with Crippen LogP contribution in [0.5, 0.6) is 0 Å². The Morgan fingerprint density at radius 1 is 1.19 bits per heavy atom. The first-order valence-electron chi connectivity index (χ1n) is 8.33. The summed E-state index contributed by atoms with van der Waals surface area (Å²) in [5, 5.41) is 11.2. The van der Waals surface area contributed by atoms with E-state index in [0.29, 0.717) is 18.2 Å². The van der Waals surface area contributed by atoms with E-state index in [-0.39, 0.29) is 18.3 Å². The van der Waals surface area contributed by atoms with Crippen LogP contribution in [0.25, 0.3) is 10.7 Å². The molecule has 0 unspecified atom stereocenters. The van der Waals surface area contributed by atoms with Crippen LogP contribution in [0.15, 0.2) is 53.0 Å². The molecular formula is C18H16N4O3S2. The maximum Gasteiger partial charge on any atom is 0.416 e. The number of ether oxygens (including phenoxy) is 1. The van der Waals surface area contributed by atoms with Crippen molar-refractivity contribution in [3.05, 3.63) is 53.4 Å². The fourth-order valence-corrected chi connectivity index (χ4v) is 4.25. The average Bonchev–Trinajstić information content (AvgIpc) is 3.42. The van der Waals surface area contributed by atoms with Gasteiger partial charge in [0.2, 0.25) is 5.91 Å².